The Bertz CT molecular complexity index is 1520. The fourth-order valence-electron chi connectivity index (χ4n) is 6.59. The smallest absolute Gasteiger partial charge is 0.255 e. The third-order valence-corrected chi connectivity index (χ3v) is 11.5. The number of amides is 1. The highest BCUT2D eigenvalue weighted by atomic mass is 28.4. The monoisotopic (exact) mass is 628 g/mol. The lowest BCUT2D eigenvalue weighted by Crippen LogP contribution is -2.40. The Balaban J connectivity index is 1.16. The van der Waals surface area contributed by atoms with Crippen LogP contribution in [0.5, 0.6) is 5.75 Å². The maximum absolute atomic E-state index is 12.6. The molecule has 1 saturated heterocycles. The van der Waals surface area contributed by atoms with Crippen molar-refractivity contribution >= 4 is 19.9 Å². The minimum Gasteiger partial charge on any atom is -0.497 e. The van der Waals surface area contributed by atoms with Gasteiger partial charge in [0.15, 0.2) is 8.32 Å². The number of ether oxygens (including phenoxy) is 2. The van der Waals surface area contributed by atoms with Crippen molar-refractivity contribution < 1.29 is 24.2 Å². The van der Waals surface area contributed by atoms with E-state index in [0.717, 1.165) is 36.2 Å². The zero-order chi connectivity index (χ0) is 32.0. The molecule has 0 aliphatic carbocycles. The van der Waals surface area contributed by atoms with Gasteiger partial charge in [-0.2, -0.15) is 0 Å². The first-order chi connectivity index (χ1) is 21.7. The number of nitrogens with zero attached hydrogens (tertiary/aromatic N) is 3. The van der Waals surface area contributed by atoms with Gasteiger partial charge in [0.25, 0.3) is 5.91 Å². The number of hydrogen-bond donors (Lipinski definition) is 3. The van der Waals surface area contributed by atoms with Crippen LogP contribution in [0.15, 0.2) is 85.1 Å². The third kappa shape index (κ3) is 8.07. The van der Waals surface area contributed by atoms with Crippen molar-refractivity contribution in [3.63, 3.8) is 0 Å². The number of hydrogen-bond acceptors (Lipinski definition) is 7. The van der Waals surface area contributed by atoms with Crippen LogP contribution in [0.3, 0.4) is 0 Å². The van der Waals surface area contributed by atoms with Crippen LogP contribution in [0.25, 0.3) is 0 Å². The fraction of sp³-hybridized carbons (Fsp3) is 0.400. The molecule has 9 nitrogen and oxygen atoms in total. The van der Waals surface area contributed by atoms with Crippen LogP contribution in [0.4, 0.5) is 5.69 Å². The molecular weight excluding hydrogens is 584 g/mol. The molecule has 238 valence electrons. The zero-order valence-corrected chi connectivity index (χ0v) is 27.5. The van der Waals surface area contributed by atoms with Gasteiger partial charge < -0.3 is 24.7 Å². The first-order valence-corrected chi connectivity index (χ1v) is 18.7. The van der Waals surface area contributed by atoms with E-state index >= 15 is 0 Å². The molecule has 0 saturated carbocycles. The second-order valence-electron chi connectivity index (χ2n) is 12.5. The predicted octanol–water partition coefficient (Wildman–Crippen LogP) is 5.66. The summed E-state index contributed by atoms with van der Waals surface area (Å²) in [7, 11) is -0.911. The van der Waals surface area contributed by atoms with E-state index < -0.39 is 8.32 Å². The van der Waals surface area contributed by atoms with Crippen molar-refractivity contribution in [2.75, 3.05) is 19.0 Å². The number of aliphatic hydroxyl groups excluding tert-OH is 1. The van der Waals surface area contributed by atoms with Crippen molar-refractivity contribution in [2.24, 2.45) is 5.92 Å². The summed E-state index contributed by atoms with van der Waals surface area (Å²) >= 11 is 0. The van der Waals surface area contributed by atoms with Gasteiger partial charge in [0.2, 0.25) is 0 Å². The molecular formula is C35H44N4O5Si. The topological polar surface area (TPSA) is 119 Å². The van der Waals surface area contributed by atoms with E-state index in [1.54, 1.807) is 31.4 Å². The normalized spacial score (nSPS) is 20.6. The van der Waals surface area contributed by atoms with Gasteiger partial charge in [-0.05, 0) is 85.8 Å². The average molecular weight is 629 g/mol. The minimum atomic E-state index is -2.51. The van der Waals surface area contributed by atoms with E-state index in [2.05, 4.69) is 22.6 Å². The Labute approximate surface area is 266 Å². The lowest BCUT2D eigenvalue weighted by atomic mass is 9.95. The van der Waals surface area contributed by atoms with Crippen LogP contribution in [0.2, 0.25) is 18.6 Å². The summed E-state index contributed by atoms with van der Waals surface area (Å²) in [4.78, 5) is 23.9. The number of carbonyl (C=O) groups excluding carboxylic acids is 1. The Morgan fingerprint density at radius 2 is 1.73 bits per heavy atom. The number of benzene rings is 3. The van der Waals surface area contributed by atoms with Crippen LogP contribution in [0.1, 0.15) is 52.9 Å². The number of methoxy groups -OCH3 is 1. The van der Waals surface area contributed by atoms with Gasteiger partial charge >= 0.3 is 0 Å². The Kier molecular flexibility index (Phi) is 10.5. The second kappa shape index (κ2) is 14.5. The maximum Gasteiger partial charge on any atom is 0.255 e. The highest BCUT2D eigenvalue weighted by molar-refractivity contribution is 6.71. The van der Waals surface area contributed by atoms with E-state index in [1.165, 1.54) is 5.56 Å². The first-order valence-electron chi connectivity index (χ1n) is 15.6. The molecule has 45 heavy (non-hydrogen) atoms. The van der Waals surface area contributed by atoms with Crippen LogP contribution in [-0.4, -0.2) is 65.0 Å². The lowest BCUT2D eigenvalue weighted by molar-refractivity contribution is 0.0245. The molecule has 3 N–H and O–H groups in total. The summed E-state index contributed by atoms with van der Waals surface area (Å²) in [5.41, 5.74) is 4.32. The van der Waals surface area contributed by atoms with Gasteiger partial charge in [-0.3, -0.25) is 9.48 Å². The number of rotatable bonds is 13. The van der Waals surface area contributed by atoms with Crippen LogP contribution in [-0.2, 0) is 17.7 Å². The highest BCUT2D eigenvalue weighted by Crippen LogP contribution is 2.45. The second-order valence-corrected chi connectivity index (χ2v) is 16.5. The van der Waals surface area contributed by atoms with E-state index in [1.807, 2.05) is 78.6 Å². The van der Waals surface area contributed by atoms with Crippen molar-refractivity contribution in [1.82, 2.24) is 15.0 Å². The Hall–Kier alpha value is -3.83. The molecule has 0 spiro atoms. The minimum absolute atomic E-state index is 0.0385. The van der Waals surface area contributed by atoms with Gasteiger partial charge in [-0.1, -0.05) is 54.6 Å². The number of aryl methyl sites for hydroxylation is 2. The molecule has 0 bridgehead atoms. The molecule has 1 fully saturated rings. The number of nitrogens with one attached hydrogen (secondary N) is 1. The molecule has 4 aromatic rings. The third-order valence-electron chi connectivity index (χ3n) is 8.94. The summed E-state index contributed by atoms with van der Waals surface area (Å²) in [6, 6.07) is 24.8. The summed E-state index contributed by atoms with van der Waals surface area (Å²) < 4.78 is 13.6. The average Bonchev–Trinajstić information content (AvgIpc) is 3.64. The quantitative estimate of drug-likeness (QED) is 0.164. The van der Waals surface area contributed by atoms with Crippen molar-refractivity contribution in [3.8, 4) is 5.75 Å². The van der Waals surface area contributed by atoms with Crippen LogP contribution in [0, 0.1) is 5.92 Å². The number of aromatic nitrogens is 3. The fourth-order valence-corrected chi connectivity index (χ4v) is 9.24. The van der Waals surface area contributed by atoms with Gasteiger partial charge in [0.1, 0.15) is 5.75 Å². The zero-order valence-electron chi connectivity index (χ0n) is 26.5. The summed E-state index contributed by atoms with van der Waals surface area (Å²) in [6.45, 7) is 6.80. The lowest BCUT2D eigenvalue weighted by Gasteiger charge is -2.30. The summed E-state index contributed by atoms with van der Waals surface area (Å²) in [6.07, 6.45) is 4.29. The highest BCUT2D eigenvalue weighted by Gasteiger charge is 2.49. The number of carbonyl (C=O) groups is 1. The predicted molar refractivity (Wildman–Crippen MR) is 177 cm³/mol. The van der Waals surface area contributed by atoms with E-state index in [0.29, 0.717) is 17.9 Å². The van der Waals surface area contributed by atoms with Gasteiger partial charge in [0.05, 0.1) is 37.5 Å². The molecule has 0 radical (unpaired) electrons. The molecule has 3 aromatic carbocycles. The Morgan fingerprint density at radius 3 is 2.38 bits per heavy atom. The molecule has 5 rings (SSSR count). The van der Waals surface area contributed by atoms with Crippen molar-refractivity contribution in [2.45, 2.75) is 69.5 Å². The molecule has 2 heterocycles. The SMILES string of the molecule is COc1ccc(C(=O)Nc2ccc(CC[C@@H]3O[C@H](CCn4cc(C(CO)c5ccccc5)nn4)[C@@H]([Si](C)(C)O)[C@@H]3C)cc2)cc1. The standard InChI is InChI=1S/C35H44N4O5Si/c1-24-32(19-12-25-10-15-28(16-11-25)36-35(41)27-13-17-29(43-2)18-14-27)44-33(34(24)45(3,4)42)20-21-39-22-31(37-38-39)30(23-40)26-8-6-5-7-9-26/h5-11,13-18,22,24,30,32-34,40,42H,12,19-21,23H2,1-4H3,(H,36,41)/t24-,30?,32+,33-,34+/m1/s1. The van der Waals surface area contributed by atoms with Gasteiger partial charge in [-0.25, -0.2) is 0 Å². The maximum atomic E-state index is 12.6. The van der Waals surface area contributed by atoms with Gasteiger partial charge in [-0.15, -0.1) is 5.10 Å². The molecule has 1 aliphatic rings. The largest absolute Gasteiger partial charge is 0.497 e. The molecule has 1 aliphatic heterocycles. The Morgan fingerprint density at radius 1 is 1.02 bits per heavy atom. The van der Waals surface area contributed by atoms with Gasteiger partial charge in [0, 0.05) is 29.5 Å². The van der Waals surface area contributed by atoms with Crippen LogP contribution < -0.4 is 10.1 Å². The van der Waals surface area contributed by atoms with Crippen molar-refractivity contribution in [3.05, 3.63) is 107 Å². The molecule has 5 atom stereocenters. The van der Waals surface area contributed by atoms with E-state index in [-0.39, 0.29) is 42.1 Å². The molecule has 1 aromatic heterocycles. The van der Waals surface area contributed by atoms with Crippen molar-refractivity contribution in [1.29, 1.82) is 0 Å². The first kappa shape index (κ1) is 32.6. The summed E-state index contributed by atoms with van der Waals surface area (Å²) in [5.74, 6) is 0.549. The van der Waals surface area contributed by atoms with E-state index in [9.17, 15) is 14.7 Å². The van der Waals surface area contributed by atoms with E-state index in [4.69, 9.17) is 9.47 Å². The number of aliphatic hydroxyl groups is 1. The molecule has 10 heteroatoms. The molecule has 1 unspecified atom stereocenters. The summed E-state index contributed by atoms with van der Waals surface area (Å²) in [5, 5.41) is 21.7. The molecule has 1 amide bonds. The number of anilines is 1. The van der Waals surface area contributed by atoms with Crippen LogP contribution >= 0.6 is 0 Å².